The Kier molecular flexibility index (Phi) is 4.19. The minimum absolute atomic E-state index is 0.211. The summed E-state index contributed by atoms with van der Waals surface area (Å²) in [6, 6.07) is 9.71. The molecule has 1 N–H and O–H groups in total. The number of carbonyl (C=O) groups excluding carboxylic acids is 2. The molecule has 0 saturated carbocycles. The Labute approximate surface area is 141 Å². The number of anilines is 1. The van der Waals surface area contributed by atoms with Gasteiger partial charge in [0.05, 0.1) is 17.6 Å². The van der Waals surface area contributed by atoms with Crippen molar-refractivity contribution in [2.24, 2.45) is 0 Å². The number of nitrogens with one attached hydrogen (secondary N) is 1. The lowest BCUT2D eigenvalue weighted by Crippen LogP contribution is -2.13. The van der Waals surface area contributed by atoms with Gasteiger partial charge in [0.2, 0.25) is 0 Å². The molecule has 0 aliphatic heterocycles. The van der Waals surface area contributed by atoms with Gasteiger partial charge in [-0.2, -0.15) is 0 Å². The number of ether oxygens (including phenoxy) is 1. The Morgan fingerprint density at radius 1 is 1.13 bits per heavy atom. The highest BCUT2D eigenvalue weighted by molar-refractivity contribution is 7.21. The number of esters is 1. The van der Waals surface area contributed by atoms with Crippen molar-refractivity contribution in [2.45, 2.75) is 13.8 Å². The Bertz CT molecular complexity index is 875. The summed E-state index contributed by atoms with van der Waals surface area (Å²) < 4.78 is 5.89. The predicted octanol–water partition coefficient (Wildman–Crippen LogP) is 4.62. The fourth-order valence-electron chi connectivity index (χ4n) is 2.32. The first-order valence-corrected chi connectivity index (χ1v) is 8.62. The number of benzene rings is 1. The molecule has 6 heteroatoms. The highest BCUT2D eigenvalue weighted by Gasteiger charge is 2.22. The van der Waals surface area contributed by atoms with Crippen molar-refractivity contribution < 1.29 is 14.3 Å². The Morgan fingerprint density at radius 2 is 1.87 bits per heavy atom. The molecule has 0 unspecified atom stereocenters. The molecule has 0 bridgehead atoms. The van der Waals surface area contributed by atoms with Crippen molar-refractivity contribution >= 4 is 49.6 Å². The normalized spacial score (nSPS) is 10.7. The molecule has 0 spiro atoms. The number of fused-ring (bicyclic) bond motifs is 1. The van der Waals surface area contributed by atoms with E-state index in [-0.39, 0.29) is 5.91 Å². The number of rotatable bonds is 3. The van der Waals surface area contributed by atoms with Gasteiger partial charge in [-0.1, -0.05) is 18.2 Å². The first-order chi connectivity index (χ1) is 11.0. The molecule has 4 nitrogen and oxygen atoms in total. The lowest BCUT2D eigenvalue weighted by Gasteiger charge is -2.04. The number of thiophene rings is 2. The van der Waals surface area contributed by atoms with E-state index in [1.54, 1.807) is 0 Å². The fourth-order valence-corrected chi connectivity index (χ4v) is 4.32. The van der Waals surface area contributed by atoms with Crippen LogP contribution in [0.5, 0.6) is 0 Å². The van der Waals surface area contributed by atoms with Crippen molar-refractivity contribution in [2.75, 3.05) is 12.4 Å². The summed E-state index contributed by atoms with van der Waals surface area (Å²) in [6.07, 6.45) is 0. The summed E-state index contributed by atoms with van der Waals surface area (Å²) in [7, 11) is 1.34. The highest BCUT2D eigenvalue weighted by atomic mass is 32.1. The van der Waals surface area contributed by atoms with Crippen molar-refractivity contribution in [3.05, 3.63) is 51.2 Å². The van der Waals surface area contributed by atoms with E-state index in [0.717, 1.165) is 20.5 Å². The van der Waals surface area contributed by atoms with Crippen LogP contribution in [0.3, 0.4) is 0 Å². The number of aryl methyl sites for hydroxylation is 1. The largest absolute Gasteiger partial charge is 0.465 e. The van der Waals surface area contributed by atoms with Crippen LogP contribution in [-0.2, 0) is 4.74 Å². The van der Waals surface area contributed by atoms with Gasteiger partial charge in [0, 0.05) is 9.58 Å². The third-order valence-electron chi connectivity index (χ3n) is 3.65. The quantitative estimate of drug-likeness (QED) is 0.705. The zero-order valence-electron chi connectivity index (χ0n) is 12.9. The summed E-state index contributed by atoms with van der Waals surface area (Å²) in [5.74, 6) is -0.643. The molecule has 0 radical (unpaired) electrons. The van der Waals surface area contributed by atoms with E-state index >= 15 is 0 Å². The van der Waals surface area contributed by atoms with Crippen LogP contribution in [0.4, 0.5) is 5.00 Å². The van der Waals surface area contributed by atoms with Gasteiger partial charge in [-0.3, -0.25) is 4.79 Å². The van der Waals surface area contributed by atoms with E-state index in [2.05, 4.69) is 5.32 Å². The minimum Gasteiger partial charge on any atom is -0.465 e. The highest BCUT2D eigenvalue weighted by Crippen LogP contribution is 2.34. The second kappa shape index (κ2) is 6.14. The van der Waals surface area contributed by atoms with Gasteiger partial charge in [-0.15, -0.1) is 22.7 Å². The number of methoxy groups -OCH3 is 1. The maximum atomic E-state index is 12.5. The minimum atomic E-state index is -0.432. The molecule has 0 saturated heterocycles. The third-order valence-corrected chi connectivity index (χ3v) is 5.89. The third kappa shape index (κ3) is 2.87. The molecule has 2 aromatic heterocycles. The molecule has 1 amide bonds. The molecular weight excluding hydrogens is 330 g/mol. The molecule has 0 aliphatic carbocycles. The van der Waals surface area contributed by atoms with Crippen LogP contribution in [0.2, 0.25) is 0 Å². The molecule has 0 atom stereocenters. The summed E-state index contributed by atoms with van der Waals surface area (Å²) >= 11 is 2.82. The van der Waals surface area contributed by atoms with E-state index in [4.69, 9.17) is 4.74 Å². The predicted molar refractivity (Wildman–Crippen MR) is 94.9 cm³/mol. The summed E-state index contributed by atoms with van der Waals surface area (Å²) in [6.45, 7) is 3.77. The van der Waals surface area contributed by atoms with Crippen LogP contribution in [0.25, 0.3) is 10.1 Å². The van der Waals surface area contributed by atoms with E-state index in [1.807, 2.05) is 44.2 Å². The van der Waals surface area contributed by atoms with Crippen LogP contribution in [-0.4, -0.2) is 19.0 Å². The summed E-state index contributed by atoms with van der Waals surface area (Å²) in [5.41, 5.74) is 1.28. The second-order valence-electron chi connectivity index (χ2n) is 5.08. The number of amides is 1. The average molecular weight is 345 g/mol. The van der Waals surface area contributed by atoms with Crippen molar-refractivity contribution in [3.8, 4) is 0 Å². The maximum Gasteiger partial charge on any atom is 0.341 e. The van der Waals surface area contributed by atoms with Gasteiger partial charge in [0.1, 0.15) is 5.00 Å². The van der Waals surface area contributed by atoms with Crippen LogP contribution < -0.4 is 5.32 Å². The standard InChI is InChI=1S/C17H15NO3S2/c1-9-10(2)22-16(14(9)17(20)21-3)18-15(19)13-8-11-6-4-5-7-12(11)23-13/h4-8H,1-3H3,(H,18,19). The second-order valence-corrected chi connectivity index (χ2v) is 7.39. The van der Waals surface area contributed by atoms with Gasteiger partial charge < -0.3 is 10.1 Å². The smallest absolute Gasteiger partial charge is 0.341 e. The van der Waals surface area contributed by atoms with Crippen LogP contribution in [0, 0.1) is 13.8 Å². The van der Waals surface area contributed by atoms with Gasteiger partial charge >= 0.3 is 5.97 Å². The van der Waals surface area contributed by atoms with Crippen LogP contribution in [0.1, 0.15) is 30.5 Å². The van der Waals surface area contributed by atoms with E-state index in [1.165, 1.54) is 29.8 Å². The number of hydrogen-bond donors (Lipinski definition) is 1. The first-order valence-electron chi connectivity index (χ1n) is 6.99. The molecule has 0 aliphatic rings. The summed E-state index contributed by atoms with van der Waals surface area (Å²) in [5, 5.41) is 4.43. The number of carbonyl (C=O) groups is 2. The van der Waals surface area contributed by atoms with E-state index < -0.39 is 5.97 Å². The van der Waals surface area contributed by atoms with Gasteiger partial charge in [0.15, 0.2) is 0 Å². The van der Waals surface area contributed by atoms with Gasteiger partial charge in [0.25, 0.3) is 5.91 Å². The topological polar surface area (TPSA) is 55.4 Å². The van der Waals surface area contributed by atoms with Crippen molar-refractivity contribution in [1.82, 2.24) is 0 Å². The SMILES string of the molecule is COC(=O)c1c(NC(=O)c2cc3ccccc3s2)sc(C)c1C. The Hall–Kier alpha value is -2.18. The lowest BCUT2D eigenvalue weighted by atomic mass is 10.1. The number of hydrogen-bond acceptors (Lipinski definition) is 5. The van der Waals surface area contributed by atoms with E-state index in [9.17, 15) is 9.59 Å². The molecule has 3 aromatic rings. The molecule has 118 valence electrons. The molecule has 23 heavy (non-hydrogen) atoms. The molecule has 0 fully saturated rings. The molecule has 3 rings (SSSR count). The zero-order chi connectivity index (χ0) is 16.6. The van der Waals surface area contributed by atoms with E-state index in [0.29, 0.717) is 15.4 Å². The summed E-state index contributed by atoms with van der Waals surface area (Å²) in [4.78, 5) is 26.1. The molecular formula is C17H15NO3S2. The van der Waals surface area contributed by atoms with Crippen LogP contribution in [0.15, 0.2) is 30.3 Å². The monoisotopic (exact) mass is 345 g/mol. The first kappa shape index (κ1) is 15.7. The molecule has 2 heterocycles. The zero-order valence-corrected chi connectivity index (χ0v) is 14.6. The lowest BCUT2D eigenvalue weighted by molar-refractivity contribution is 0.0601. The van der Waals surface area contributed by atoms with Gasteiger partial charge in [-0.25, -0.2) is 4.79 Å². The maximum absolute atomic E-state index is 12.5. The van der Waals surface area contributed by atoms with Crippen LogP contribution >= 0.6 is 22.7 Å². The fraction of sp³-hybridized carbons (Fsp3) is 0.176. The van der Waals surface area contributed by atoms with Gasteiger partial charge in [-0.05, 0) is 36.9 Å². The Morgan fingerprint density at radius 3 is 2.57 bits per heavy atom. The average Bonchev–Trinajstić information content (AvgIpc) is 3.09. The molecule has 1 aromatic carbocycles. The van der Waals surface area contributed by atoms with Crippen molar-refractivity contribution in [1.29, 1.82) is 0 Å². The Balaban J connectivity index is 1.94. The van der Waals surface area contributed by atoms with Crippen molar-refractivity contribution in [3.63, 3.8) is 0 Å².